The summed E-state index contributed by atoms with van der Waals surface area (Å²) in [6, 6.07) is 4.26. The van der Waals surface area contributed by atoms with E-state index in [2.05, 4.69) is 5.32 Å². The summed E-state index contributed by atoms with van der Waals surface area (Å²) in [6.07, 6.45) is 0. The molecule has 0 unspecified atom stereocenters. The molecule has 1 amide bonds. The minimum atomic E-state index is -0.521. The minimum Gasteiger partial charge on any atom is -0.351 e. The number of aryl methyl sites for hydroxylation is 1. The second-order valence-electron chi connectivity index (χ2n) is 3.36. The van der Waals surface area contributed by atoms with E-state index in [0.717, 1.165) is 0 Å². The summed E-state index contributed by atoms with van der Waals surface area (Å²) in [5, 5.41) is 13.2. The fourth-order valence-corrected chi connectivity index (χ4v) is 1.29. The maximum absolute atomic E-state index is 11.5. The van der Waals surface area contributed by atoms with Gasteiger partial charge in [0.05, 0.1) is 4.92 Å². The van der Waals surface area contributed by atoms with Gasteiger partial charge in [0, 0.05) is 30.8 Å². The molecule has 0 radical (unpaired) electrons. The number of nitrogens with two attached hydrogens (primary N) is 1. The Balaban J connectivity index is 0.00000256. The van der Waals surface area contributed by atoms with Crippen molar-refractivity contribution in [2.75, 3.05) is 13.1 Å². The third-order valence-corrected chi connectivity index (χ3v) is 1.97. The van der Waals surface area contributed by atoms with Crippen LogP contribution in [0, 0.1) is 17.0 Å². The molecule has 0 aromatic heterocycles. The SMILES string of the molecule is Cc1cc(C(=O)NCCN)cc([N+](=O)[O-])c1.Cl. The van der Waals surface area contributed by atoms with Crippen LogP contribution in [0.3, 0.4) is 0 Å². The van der Waals surface area contributed by atoms with Crippen molar-refractivity contribution >= 4 is 24.0 Å². The Morgan fingerprint density at radius 3 is 2.65 bits per heavy atom. The number of nitro groups is 1. The molecule has 1 aromatic rings. The van der Waals surface area contributed by atoms with Crippen LogP contribution < -0.4 is 11.1 Å². The Bertz CT molecular complexity index is 423. The van der Waals surface area contributed by atoms with Gasteiger partial charge in [0.15, 0.2) is 0 Å². The molecule has 1 aromatic carbocycles. The first-order chi connectivity index (χ1) is 7.54. The first-order valence-electron chi connectivity index (χ1n) is 4.79. The van der Waals surface area contributed by atoms with Gasteiger partial charge in [-0.15, -0.1) is 12.4 Å². The van der Waals surface area contributed by atoms with Crippen molar-refractivity contribution in [1.82, 2.24) is 5.32 Å². The van der Waals surface area contributed by atoms with E-state index >= 15 is 0 Å². The largest absolute Gasteiger partial charge is 0.351 e. The molecule has 1 rings (SSSR count). The lowest BCUT2D eigenvalue weighted by Crippen LogP contribution is -2.29. The molecule has 0 aliphatic carbocycles. The van der Waals surface area contributed by atoms with Gasteiger partial charge in [-0.05, 0) is 18.6 Å². The molecule has 0 heterocycles. The van der Waals surface area contributed by atoms with Crippen LogP contribution in [0.5, 0.6) is 0 Å². The number of nitrogens with zero attached hydrogens (tertiary/aromatic N) is 1. The number of carbonyl (C=O) groups is 1. The number of amides is 1. The average molecular weight is 260 g/mol. The van der Waals surface area contributed by atoms with Crippen molar-refractivity contribution in [3.63, 3.8) is 0 Å². The van der Waals surface area contributed by atoms with E-state index in [9.17, 15) is 14.9 Å². The molecule has 7 heteroatoms. The number of nitro benzene ring substituents is 1. The van der Waals surface area contributed by atoms with Gasteiger partial charge in [-0.3, -0.25) is 14.9 Å². The van der Waals surface area contributed by atoms with E-state index in [1.807, 2.05) is 0 Å². The van der Waals surface area contributed by atoms with Crippen LogP contribution in [0.25, 0.3) is 0 Å². The zero-order chi connectivity index (χ0) is 12.1. The van der Waals surface area contributed by atoms with Gasteiger partial charge in [-0.1, -0.05) is 0 Å². The monoisotopic (exact) mass is 259 g/mol. The Hall–Kier alpha value is -1.66. The standard InChI is InChI=1S/C10H13N3O3.ClH/c1-7-4-8(10(14)12-3-2-11)6-9(5-7)13(15)16;/h4-6H,2-3,11H2,1H3,(H,12,14);1H. The van der Waals surface area contributed by atoms with Crippen LogP contribution >= 0.6 is 12.4 Å². The maximum Gasteiger partial charge on any atom is 0.270 e. The summed E-state index contributed by atoms with van der Waals surface area (Å²) < 4.78 is 0. The van der Waals surface area contributed by atoms with E-state index in [4.69, 9.17) is 5.73 Å². The highest BCUT2D eigenvalue weighted by Gasteiger charge is 2.12. The molecule has 6 nitrogen and oxygen atoms in total. The highest BCUT2D eigenvalue weighted by Crippen LogP contribution is 2.16. The lowest BCUT2D eigenvalue weighted by molar-refractivity contribution is -0.384. The predicted molar refractivity (Wildman–Crippen MR) is 66.5 cm³/mol. The van der Waals surface area contributed by atoms with Gasteiger partial charge in [-0.25, -0.2) is 0 Å². The van der Waals surface area contributed by atoms with Crippen LogP contribution in [0.4, 0.5) is 5.69 Å². The van der Waals surface area contributed by atoms with Crippen LogP contribution in [0.2, 0.25) is 0 Å². The first-order valence-corrected chi connectivity index (χ1v) is 4.79. The van der Waals surface area contributed by atoms with Crippen molar-refractivity contribution < 1.29 is 9.72 Å². The molecule has 0 aliphatic rings. The van der Waals surface area contributed by atoms with Gasteiger partial charge in [0.25, 0.3) is 11.6 Å². The number of hydrogen-bond donors (Lipinski definition) is 2. The average Bonchev–Trinajstić information content (AvgIpc) is 2.24. The van der Waals surface area contributed by atoms with Crippen LogP contribution in [-0.4, -0.2) is 23.9 Å². The lowest BCUT2D eigenvalue weighted by Gasteiger charge is -2.04. The third-order valence-electron chi connectivity index (χ3n) is 1.97. The number of non-ortho nitro benzene ring substituents is 1. The zero-order valence-corrected chi connectivity index (χ0v) is 10.1. The fraction of sp³-hybridized carbons (Fsp3) is 0.300. The maximum atomic E-state index is 11.5. The summed E-state index contributed by atoms with van der Waals surface area (Å²) in [5.74, 6) is -0.350. The summed E-state index contributed by atoms with van der Waals surface area (Å²) in [5.41, 5.74) is 6.11. The lowest BCUT2D eigenvalue weighted by atomic mass is 10.1. The topological polar surface area (TPSA) is 98.3 Å². The van der Waals surface area contributed by atoms with Crippen LogP contribution in [0.1, 0.15) is 15.9 Å². The summed E-state index contributed by atoms with van der Waals surface area (Å²) in [7, 11) is 0. The Morgan fingerprint density at radius 1 is 1.47 bits per heavy atom. The van der Waals surface area contributed by atoms with E-state index in [1.165, 1.54) is 12.1 Å². The van der Waals surface area contributed by atoms with Crippen molar-refractivity contribution in [2.24, 2.45) is 5.73 Å². The van der Waals surface area contributed by atoms with Crippen molar-refractivity contribution in [3.05, 3.63) is 39.4 Å². The van der Waals surface area contributed by atoms with Crippen molar-refractivity contribution in [1.29, 1.82) is 0 Å². The summed E-state index contributed by atoms with van der Waals surface area (Å²) >= 11 is 0. The number of hydrogen-bond acceptors (Lipinski definition) is 4. The number of benzene rings is 1. The van der Waals surface area contributed by atoms with E-state index in [0.29, 0.717) is 18.7 Å². The molecule has 0 fully saturated rings. The smallest absolute Gasteiger partial charge is 0.270 e. The normalized spacial score (nSPS) is 9.29. The number of halogens is 1. The molecule has 0 bridgehead atoms. The Labute approximate surface area is 105 Å². The van der Waals surface area contributed by atoms with Crippen LogP contribution in [0.15, 0.2) is 18.2 Å². The molecule has 94 valence electrons. The predicted octanol–water partition coefficient (Wildman–Crippen LogP) is 1.01. The van der Waals surface area contributed by atoms with Gasteiger partial charge in [0.2, 0.25) is 0 Å². The van der Waals surface area contributed by atoms with Crippen molar-refractivity contribution in [2.45, 2.75) is 6.92 Å². The molecule has 3 N–H and O–H groups in total. The number of carbonyl (C=O) groups excluding carboxylic acids is 1. The molecule has 0 saturated heterocycles. The van der Waals surface area contributed by atoms with Crippen LogP contribution in [-0.2, 0) is 0 Å². The number of nitrogens with one attached hydrogen (secondary N) is 1. The van der Waals surface area contributed by atoms with Crippen molar-refractivity contribution in [3.8, 4) is 0 Å². The zero-order valence-electron chi connectivity index (χ0n) is 9.30. The first kappa shape index (κ1) is 15.3. The number of rotatable bonds is 4. The molecule has 0 atom stereocenters. The van der Waals surface area contributed by atoms with Gasteiger partial charge >= 0.3 is 0 Å². The summed E-state index contributed by atoms with van der Waals surface area (Å²) in [6.45, 7) is 2.38. The third kappa shape index (κ3) is 4.38. The fourth-order valence-electron chi connectivity index (χ4n) is 1.29. The molecular formula is C10H14ClN3O3. The van der Waals surface area contributed by atoms with E-state index in [-0.39, 0.29) is 29.6 Å². The van der Waals surface area contributed by atoms with Gasteiger partial charge in [-0.2, -0.15) is 0 Å². The highest BCUT2D eigenvalue weighted by molar-refractivity contribution is 5.95. The summed E-state index contributed by atoms with van der Waals surface area (Å²) in [4.78, 5) is 21.6. The van der Waals surface area contributed by atoms with Gasteiger partial charge in [0.1, 0.15) is 0 Å². The molecule has 17 heavy (non-hydrogen) atoms. The molecule has 0 saturated carbocycles. The van der Waals surface area contributed by atoms with E-state index < -0.39 is 4.92 Å². The Morgan fingerprint density at radius 2 is 2.12 bits per heavy atom. The molecular weight excluding hydrogens is 246 g/mol. The quantitative estimate of drug-likeness (QED) is 0.623. The molecule has 0 aliphatic heterocycles. The minimum absolute atomic E-state index is 0. The second kappa shape index (κ2) is 6.82. The molecule has 0 spiro atoms. The highest BCUT2D eigenvalue weighted by atomic mass is 35.5. The Kier molecular flexibility index (Phi) is 6.16. The van der Waals surface area contributed by atoms with Gasteiger partial charge < -0.3 is 11.1 Å². The van der Waals surface area contributed by atoms with E-state index in [1.54, 1.807) is 13.0 Å². The second-order valence-corrected chi connectivity index (χ2v) is 3.36.